The molecule has 0 bridgehead atoms. The first kappa shape index (κ1) is 11.9. The van der Waals surface area contributed by atoms with Gasteiger partial charge in [-0.2, -0.15) is 11.8 Å². The number of thioether (sulfide) groups is 1. The molecular formula is C10H15BrN2S. The zero-order valence-corrected chi connectivity index (χ0v) is 10.9. The lowest BCUT2D eigenvalue weighted by Gasteiger charge is -2.10. The summed E-state index contributed by atoms with van der Waals surface area (Å²) in [5.41, 5.74) is 0. The van der Waals surface area contributed by atoms with Gasteiger partial charge in [0, 0.05) is 18.0 Å². The maximum atomic E-state index is 4.24. The van der Waals surface area contributed by atoms with Gasteiger partial charge in [-0.25, -0.2) is 4.98 Å². The van der Waals surface area contributed by atoms with Crippen LogP contribution in [0.3, 0.4) is 0 Å². The van der Waals surface area contributed by atoms with Crippen molar-refractivity contribution in [3.8, 4) is 0 Å². The van der Waals surface area contributed by atoms with Crippen LogP contribution < -0.4 is 5.32 Å². The molecule has 0 aliphatic rings. The molecule has 1 N–H and O–H groups in total. The Morgan fingerprint density at radius 3 is 3.07 bits per heavy atom. The monoisotopic (exact) mass is 274 g/mol. The molecule has 1 heterocycles. The molecule has 0 aliphatic carbocycles. The van der Waals surface area contributed by atoms with Gasteiger partial charge < -0.3 is 5.32 Å². The van der Waals surface area contributed by atoms with E-state index in [0.29, 0.717) is 5.25 Å². The van der Waals surface area contributed by atoms with Crippen molar-refractivity contribution in [2.24, 2.45) is 0 Å². The molecular weight excluding hydrogens is 260 g/mol. The predicted octanol–water partition coefficient (Wildman–Crippen LogP) is 3.40. The lowest BCUT2D eigenvalue weighted by Crippen LogP contribution is -2.08. The number of nitrogens with one attached hydrogen (secondary N) is 1. The van der Waals surface area contributed by atoms with Crippen molar-refractivity contribution < 1.29 is 0 Å². The minimum Gasteiger partial charge on any atom is -0.369 e. The smallest absolute Gasteiger partial charge is 0.140 e. The van der Waals surface area contributed by atoms with Gasteiger partial charge in [0.15, 0.2) is 0 Å². The van der Waals surface area contributed by atoms with Crippen molar-refractivity contribution in [2.45, 2.75) is 18.6 Å². The largest absolute Gasteiger partial charge is 0.369 e. The van der Waals surface area contributed by atoms with Gasteiger partial charge in [0.25, 0.3) is 0 Å². The maximum absolute atomic E-state index is 4.24. The van der Waals surface area contributed by atoms with Gasteiger partial charge in [-0.15, -0.1) is 0 Å². The van der Waals surface area contributed by atoms with Crippen LogP contribution in [-0.2, 0) is 0 Å². The number of pyridine rings is 1. The number of nitrogens with zero attached hydrogens (tertiary/aromatic N) is 1. The second-order valence-corrected chi connectivity index (χ2v) is 5.23. The molecule has 4 heteroatoms. The summed E-state index contributed by atoms with van der Waals surface area (Å²) < 4.78 is 1.02. The molecule has 14 heavy (non-hydrogen) atoms. The van der Waals surface area contributed by atoms with Crippen molar-refractivity contribution in [3.63, 3.8) is 0 Å². The highest BCUT2D eigenvalue weighted by atomic mass is 79.9. The molecule has 0 aliphatic heterocycles. The zero-order valence-electron chi connectivity index (χ0n) is 8.46. The molecule has 1 rings (SSSR count). The molecule has 1 aromatic heterocycles. The molecule has 0 saturated carbocycles. The van der Waals surface area contributed by atoms with Crippen LogP contribution in [0, 0.1) is 0 Å². The third kappa shape index (κ3) is 3.88. The van der Waals surface area contributed by atoms with Gasteiger partial charge in [-0.1, -0.05) is 6.92 Å². The average molecular weight is 275 g/mol. The summed E-state index contributed by atoms with van der Waals surface area (Å²) in [5.74, 6) is 0.931. The second kappa shape index (κ2) is 6.30. The molecule has 78 valence electrons. The van der Waals surface area contributed by atoms with E-state index in [-0.39, 0.29) is 0 Å². The Labute approximate surface area is 98.0 Å². The number of hydrogen-bond donors (Lipinski definition) is 1. The van der Waals surface area contributed by atoms with Crippen molar-refractivity contribution in [1.29, 1.82) is 0 Å². The summed E-state index contributed by atoms with van der Waals surface area (Å²) in [6, 6.07) is 3.91. The standard InChI is InChI=1S/C10H15BrN2S/c1-8(14-2)5-7-13-10-9(11)4-3-6-12-10/h3-4,6,8H,5,7H2,1-2H3,(H,12,13). The van der Waals surface area contributed by atoms with Gasteiger partial charge in [0.1, 0.15) is 5.82 Å². The van der Waals surface area contributed by atoms with E-state index in [1.165, 1.54) is 0 Å². The first-order valence-corrected chi connectivity index (χ1v) is 6.69. The zero-order chi connectivity index (χ0) is 10.4. The Balaban J connectivity index is 2.35. The minimum atomic E-state index is 0.699. The molecule has 1 atom stereocenters. The highest BCUT2D eigenvalue weighted by Gasteiger charge is 2.01. The van der Waals surface area contributed by atoms with E-state index in [1.54, 1.807) is 6.20 Å². The lowest BCUT2D eigenvalue weighted by atomic mass is 10.3. The summed E-state index contributed by atoms with van der Waals surface area (Å²) in [4.78, 5) is 4.24. The van der Waals surface area contributed by atoms with E-state index in [4.69, 9.17) is 0 Å². The maximum Gasteiger partial charge on any atom is 0.140 e. The Morgan fingerprint density at radius 1 is 1.64 bits per heavy atom. The van der Waals surface area contributed by atoms with Gasteiger partial charge in [0.05, 0.1) is 4.47 Å². The number of aromatic nitrogens is 1. The van der Waals surface area contributed by atoms with Gasteiger partial charge in [0.2, 0.25) is 0 Å². The average Bonchev–Trinajstić information content (AvgIpc) is 2.20. The number of anilines is 1. The summed E-state index contributed by atoms with van der Waals surface area (Å²) in [6.45, 7) is 3.21. The van der Waals surface area contributed by atoms with Crippen LogP contribution in [0.4, 0.5) is 5.82 Å². The van der Waals surface area contributed by atoms with Crippen molar-refractivity contribution in [3.05, 3.63) is 22.8 Å². The van der Waals surface area contributed by atoms with Gasteiger partial charge in [-0.3, -0.25) is 0 Å². The summed E-state index contributed by atoms with van der Waals surface area (Å²) in [7, 11) is 0. The van der Waals surface area contributed by atoms with Crippen LogP contribution in [0.15, 0.2) is 22.8 Å². The fraction of sp³-hybridized carbons (Fsp3) is 0.500. The molecule has 0 radical (unpaired) electrons. The van der Waals surface area contributed by atoms with E-state index in [1.807, 2.05) is 23.9 Å². The van der Waals surface area contributed by atoms with Gasteiger partial charge in [-0.05, 0) is 40.7 Å². The van der Waals surface area contributed by atoms with E-state index in [0.717, 1.165) is 23.3 Å². The highest BCUT2D eigenvalue weighted by molar-refractivity contribution is 9.10. The molecule has 0 amide bonds. The third-order valence-corrected chi connectivity index (χ3v) is 3.68. The normalized spacial score (nSPS) is 12.5. The van der Waals surface area contributed by atoms with Crippen molar-refractivity contribution >= 4 is 33.5 Å². The predicted molar refractivity (Wildman–Crippen MR) is 68.0 cm³/mol. The first-order valence-electron chi connectivity index (χ1n) is 4.61. The Kier molecular flexibility index (Phi) is 5.33. The van der Waals surface area contributed by atoms with Crippen LogP contribution in [-0.4, -0.2) is 23.0 Å². The summed E-state index contributed by atoms with van der Waals surface area (Å²) in [5, 5.41) is 4.01. The molecule has 1 unspecified atom stereocenters. The molecule has 0 aromatic carbocycles. The fourth-order valence-electron chi connectivity index (χ4n) is 1.03. The van der Waals surface area contributed by atoms with Crippen LogP contribution in [0.25, 0.3) is 0 Å². The molecule has 0 spiro atoms. The Bertz CT molecular complexity index is 281. The second-order valence-electron chi connectivity index (χ2n) is 3.10. The Morgan fingerprint density at radius 2 is 2.43 bits per heavy atom. The highest BCUT2D eigenvalue weighted by Crippen LogP contribution is 2.18. The first-order chi connectivity index (χ1) is 6.74. The van der Waals surface area contributed by atoms with Crippen LogP contribution >= 0.6 is 27.7 Å². The molecule has 1 aromatic rings. The van der Waals surface area contributed by atoms with Crippen molar-refractivity contribution in [1.82, 2.24) is 4.98 Å². The van der Waals surface area contributed by atoms with Crippen LogP contribution in [0.5, 0.6) is 0 Å². The van der Waals surface area contributed by atoms with E-state index < -0.39 is 0 Å². The third-order valence-electron chi connectivity index (χ3n) is 2.00. The Hall–Kier alpha value is -0.220. The van der Waals surface area contributed by atoms with Crippen LogP contribution in [0.2, 0.25) is 0 Å². The van der Waals surface area contributed by atoms with Gasteiger partial charge >= 0.3 is 0 Å². The SMILES string of the molecule is CSC(C)CCNc1ncccc1Br. The molecule has 0 saturated heterocycles. The quantitative estimate of drug-likeness (QED) is 0.891. The number of halogens is 1. The van der Waals surface area contributed by atoms with Crippen molar-refractivity contribution in [2.75, 3.05) is 18.1 Å². The number of rotatable bonds is 5. The van der Waals surface area contributed by atoms with E-state index >= 15 is 0 Å². The lowest BCUT2D eigenvalue weighted by molar-refractivity contribution is 0.849. The minimum absolute atomic E-state index is 0.699. The fourth-order valence-corrected chi connectivity index (χ4v) is 1.78. The van der Waals surface area contributed by atoms with E-state index in [2.05, 4.69) is 39.4 Å². The summed E-state index contributed by atoms with van der Waals surface area (Å²) in [6.07, 6.45) is 5.09. The topological polar surface area (TPSA) is 24.9 Å². The van der Waals surface area contributed by atoms with E-state index in [9.17, 15) is 0 Å². The number of hydrogen-bond acceptors (Lipinski definition) is 3. The molecule has 0 fully saturated rings. The summed E-state index contributed by atoms with van der Waals surface area (Å²) >= 11 is 5.34. The van der Waals surface area contributed by atoms with Crippen LogP contribution in [0.1, 0.15) is 13.3 Å². The molecule has 2 nitrogen and oxygen atoms in total.